The average Bonchev–Trinajstić information content (AvgIpc) is 3.09. The quantitative estimate of drug-likeness (QED) is 0.191. The van der Waals surface area contributed by atoms with E-state index < -0.39 is 23.5 Å². The number of aryl methyl sites for hydroxylation is 2. The summed E-state index contributed by atoms with van der Waals surface area (Å²) in [5.74, 6) is 0. The zero-order valence-electron chi connectivity index (χ0n) is 15.5. The predicted molar refractivity (Wildman–Crippen MR) is 117 cm³/mol. The molecule has 0 atom stereocenters. The van der Waals surface area contributed by atoms with Crippen LogP contribution in [0.1, 0.15) is 11.1 Å². The predicted octanol–water partition coefficient (Wildman–Crippen LogP) is 8.44. The first-order valence-corrected chi connectivity index (χ1v) is 11.6. The Hall–Kier alpha value is -1.41. The van der Waals surface area contributed by atoms with E-state index in [1.54, 1.807) is 23.2 Å². The van der Waals surface area contributed by atoms with Crippen LogP contribution in [0.3, 0.4) is 0 Å². The van der Waals surface area contributed by atoms with E-state index in [-0.39, 0.29) is 9.79 Å². The van der Waals surface area contributed by atoms with Crippen molar-refractivity contribution in [1.82, 2.24) is 9.13 Å². The molecule has 0 saturated carbocycles. The molecular weight excluding hydrogens is 519 g/mol. The van der Waals surface area contributed by atoms with Crippen LogP contribution in [0.5, 0.6) is 0 Å². The molecular formula is C18H10F6N2S5. The lowest BCUT2D eigenvalue weighted by Gasteiger charge is -2.14. The molecule has 0 radical (unpaired) electrons. The fourth-order valence-corrected chi connectivity index (χ4v) is 7.13. The number of alkyl halides is 6. The van der Waals surface area contributed by atoms with Gasteiger partial charge in [0.2, 0.25) is 0 Å². The molecule has 2 aromatic heterocycles. The third kappa shape index (κ3) is 4.06. The van der Waals surface area contributed by atoms with E-state index in [1.807, 2.05) is 0 Å². The van der Waals surface area contributed by atoms with Gasteiger partial charge in [-0.2, -0.15) is 26.3 Å². The van der Waals surface area contributed by atoms with Crippen molar-refractivity contribution in [3.63, 3.8) is 0 Å². The lowest BCUT2D eigenvalue weighted by Crippen LogP contribution is -2.06. The first-order chi connectivity index (χ1) is 14.3. The molecule has 0 unspecified atom stereocenters. The summed E-state index contributed by atoms with van der Waals surface area (Å²) in [5.41, 5.74) is -0.896. The largest absolute Gasteiger partial charge is 0.416 e. The highest BCUT2D eigenvalue weighted by atomic mass is 32.2. The van der Waals surface area contributed by atoms with Gasteiger partial charge in [-0.25, -0.2) is 0 Å². The van der Waals surface area contributed by atoms with E-state index in [1.165, 1.54) is 0 Å². The highest BCUT2D eigenvalue weighted by Crippen LogP contribution is 2.45. The van der Waals surface area contributed by atoms with E-state index in [0.717, 1.165) is 58.7 Å². The molecule has 13 heteroatoms. The SMILES string of the molecule is Cn1c(=S)sc2cc(C(F)(F)F)cc(Sc3cc(C(F)(F)F)cc4sc(=S)n(C)c34)c21. The summed E-state index contributed by atoms with van der Waals surface area (Å²) in [6.45, 7) is 0. The molecule has 0 aliphatic carbocycles. The van der Waals surface area contributed by atoms with Crippen LogP contribution in [0, 0.1) is 7.91 Å². The second kappa shape index (κ2) is 7.58. The summed E-state index contributed by atoms with van der Waals surface area (Å²) in [6.07, 6.45) is -9.23. The Balaban J connectivity index is 2.03. The lowest BCUT2D eigenvalue weighted by atomic mass is 10.2. The van der Waals surface area contributed by atoms with Gasteiger partial charge in [0.05, 0.1) is 31.6 Å². The van der Waals surface area contributed by atoms with Crippen LogP contribution >= 0.6 is 58.9 Å². The highest BCUT2D eigenvalue weighted by molar-refractivity contribution is 7.99. The van der Waals surface area contributed by atoms with E-state index in [9.17, 15) is 26.3 Å². The van der Waals surface area contributed by atoms with Crippen molar-refractivity contribution < 1.29 is 26.3 Å². The Morgan fingerprint density at radius 2 is 1.06 bits per heavy atom. The molecule has 0 N–H and O–H groups in total. The number of thiazole rings is 2. The van der Waals surface area contributed by atoms with E-state index in [4.69, 9.17) is 24.4 Å². The summed E-state index contributed by atoms with van der Waals surface area (Å²) in [5, 5.41) is 0. The van der Waals surface area contributed by atoms with Crippen LogP contribution in [0.4, 0.5) is 26.3 Å². The maximum atomic E-state index is 13.5. The first-order valence-electron chi connectivity index (χ1n) is 8.37. The van der Waals surface area contributed by atoms with Gasteiger partial charge in [-0.05, 0) is 48.7 Å². The summed E-state index contributed by atoms with van der Waals surface area (Å²) >= 11 is 13.3. The smallest absolute Gasteiger partial charge is 0.325 e. The van der Waals surface area contributed by atoms with Crippen LogP contribution < -0.4 is 0 Å². The zero-order chi connectivity index (χ0) is 22.9. The normalized spacial score (nSPS) is 12.9. The van der Waals surface area contributed by atoms with Crippen LogP contribution in [-0.4, -0.2) is 9.13 Å². The van der Waals surface area contributed by atoms with Crippen molar-refractivity contribution in [3.8, 4) is 0 Å². The zero-order valence-corrected chi connectivity index (χ0v) is 19.6. The Bertz CT molecular complexity index is 1340. The number of hydrogen-bond acceptors (Lipinski definition) is 5. The molecule has 31 heavy (non-hydrogen) atoms. The number of benzene rings is 2. The van der Waals surface area contributed by atoms with E-state index in [2.05, 4.69) is 0 Å². The fourth-order valence-electron chi connectivity index (χ4n) is 3.09. The number of halogens is 6. The number of fused-ring (bicyclic) bond motifs is 2. The van der Waals surface area contributed by atoms with Crippen molar-refractivity contribution in [3.05, 3.63) is 43.3 Å². The third-order valence-corrected chi connectivity index (χ3v) is 8.64. The first kappa shape index (κ1) is 22.8. The van der Waals surface area contributed by atoms with Gasteiger partial charge in [0.15, 0.2) is 7.91 Å². The van der Waals surface area contributed by atoms with Crippen molar-refractivity contribution >= 4 is 79.3 Å². The molecule has 0 fully saturated rings. The topological polar surface area (TPSA) is 9.86 Å². The minimum Gasteiger partial charge on any atom is -0.325 e. The lowest BCUT2D eigenvalue weighted by molar-refractivity contribution is -0.138. The molecule has 164 valence electrons. The Morgan fingerprint density at radius 3 is 1.39 bits per heavy atom. The molecule has 0 spiro atoms. The van der Waals surface area contributed by atoms with Gasteiger partial charge in [0.25, 0.3) is 0 Å². The van der Waals surface area contributed by atoms with Gasteiger partial charge < -0.3 is 9.13 Å². The van der Waals surface area contributed by atoms with E-state index >= 15 is 0 Å². The molecule has 2 aromatic carbocycles. The fraction of sp³-hybridized carbons (Fsp3) is 0.222. The third-order valence-electron chi connectivity index (χ3n) is 4.57. The Morgan fingerprint density at radius 1 is 0.710 bits per heavy atom. The van der Waals surface area contributed by atoms with Gasteiger partial charge in [-0.3, -0.25) is 0 Å². The summed E-state index contributed by atoms with van der Waals surface area (Å²) < 4.78 is 85.4. The molecule has 4 aromatic rings. The molecule has 0 aliphatic heterocycles. The van der Waals surface area contributed by atoms with Gasteiger partial charge in [-0.15, -0.1) is 22.7 Å². The van der Waals surface area contributed by atoms with E-state index in [0.29, 0.717) is 28.3 Å². The molecule has 0 saturated heterocycles. The average molecular weight is 529 g/mol. The Kier molecular flexibility index (Phi) is 5.57. The minimum atomic E-state index is -4.61. The van der Waals surface area contributed by atoms with Crippen LogP contribution in [-0.2, 0) is 26.4 Å². The Labute approximate surface area is 193 Å². The van der Waals surface area contributed by atoms with Crippen LogP contribution in [0.2, 0.25) is 0 Å². The van der Waals surface area contributed by atoms with Gasteiger partial charge in [-0.1, -0.05) is 11.8 Å². The second-order valence-electron chi connectivity index (χ2n) is 6.59. The summed E-state index contributed by atoms with van der Waals surface area (Å²) in [6, 6.07) is 3.91. The molecule has 2 nitrogen and oxygen atoms in total. The number of aromatic nitrogens is 2. The maximum absolute atomic E-state index is 13.5. The minimum absolute atomic E-state index is 0.164. The monoisotopic (exact) mass is 528 g/mol. The molecule has 4 rings (SSSR count). The standard InChI is InChI=1S/C18H10F6N2S5/c1-25-13-9(3-7(17(19,20)21)5-11(13)30-15(25)27)29-10-4-8(18(22,23)24)6-12-14(10)26(2)16(28)31-12/h3-6H,1-2H3. The highest BCUT2D eigenvalue weighted by Gasteiger charge is 2.34. The number of rotatable bonds is 2. The summed E-state index contributed by atoms with van der Waals surface area (Å²) in [7, 11) is 3.23. The molecule has 0 aliphatic rings. The van der Waals surface area contributed by atoms with Gasteiger partial charge in [0.1, 0.15) is 0 Å². The summed E-state index contributed by atoms with van der Waals surface area (Å²) in [4.78, 5) is 0.329. The van der Waals surface area contributed by atoms with Gasteiger partial charge in [0, 0.05) is 23.9 Å². The second-order valence-corrected chi connectivity index (χ2v) is 11.0. The molecule has 0 bridgehead atoms. The van der Waals surface area contributed by atoms with Crippen molar-refractivity contribution in [1.29, 1.82) is 0 Å². The van der Waals surface area contributed by atoms with Crippen molar-refractivity contribution in [2.24, 2.45) is 14.1 Å². The van der Waals surface area contributed by atoms with Crippen molar-refractivity contribution in [2.75, 3.05) is 0 Å². The van der Waals surface area contributed by atoms with Crippen molar-refractivity contribution in [2.45, 2.75) is 22.1 Å². The van der Waals surface area contributed by atoms with Crippen LogP contribution in [0.25, 0.3) is 20.4 Å². The van der Waals surface area contributed by atoms with Crippen LogP contribution in [0.15, 0.2) is 34.1 Å². The molecule has 0 amide bonds. The number of nitrogens with zero attached hydrogens (tertiary/aromatic N) is 2. The van der Waals surface area contributed by atoms with Gasteiger partial charge >= 0.3 is 12.4 Å². The molecule has 2 heterocycles. The number of hydrogen-bond donors (Lipinski definition) is 0. The maximum Gasteiger partial charge on any atom is 0.416 e.